The van der Waals surface area contributed by atoms with Gasteiger partial charge in [-0.15, -0.1) is 0 Å². The van der Waals surface area contributed by atoms with E-state index in [4.69, 9.17) is 14.3 Å². The molecule has 1 heterocycles. The number of nitrogens with zero attached hydrogens (tertiary/aromatic N) is 2. The first kappa shape index (κ1) is 26.6. The highest BCUT2D eigenvalue weighted by Crippen LogP contribution is 2.63. The molecule has 7 nitrogen and oxygen atoms in total. The molecule has 1 aliphatic heterocycles. The van der Waals surface area contributed by atoms with Gasteiger partial charge in [0.2, 0.25) is 17.7 Å². The quantitative estimate of drug-likeness (QED) is 0.380. The predicted molar refractivity (Wildman–Crippen MR) is 154 cm³/mol. The largest absolute Gasteiger partial charge is 0.381 e. The molecule has 2 atom stereocenters. The fourth-order valence-electron chi connectivity index (χ4n) is 5.68. The molecule has 3 fully saturated rings. The molecule has 0 radical (unpaired) electrons. The number of amides is 2. The molecule has 11 heteroatoms. The van der Waals surface area contributed by atoms with Crippen LogP contribution in [0.15, 0.2) is 42.5 Å². The van der Waals surface area contributed by atoms with Gasteiger partial charge in [0, 0.05) is 80.2 Å². The third-order valence-corrected chi connectivity index (χ3v) is 9.18. The molecular weight excluding hydrogens is 557 g/mol. The first-order valence-electron chi connectivity index (χ1n) is 14.6. The van der Waals surface area contributed by atoms with Crippen molar-refractivity contribution < 1.29 is 26.0 Å². The summed E-state index contributed by atoms with van der Waals surface area (Å²) in [7, 11) is -0.268. The maximum Gasteiger partial charge on any atom is 0.248 e. The Hall–Kier alpha value is -2.32. The lowest BCUT2D eigenvalue weighted by molar-refractivity contribution is -0.135. The zero-order chi connectivity index (χ0) is 30.1. The highest BCUT2D eigenvalue weighted by atomic mass is 35.5. The topological polar surface area (TPSA) is 84.9 Å². The van der Waals surface area contributed by atoms with E-state index in [0.29, 0.717) is 68.3 Å². The van der Waals surface area contributed by atoms with Crippen molar-refractivity contribution in [2.75, 3.05) is 38.0 Å². The number of carbonyl (C=O) groups is 2. The minimum absolute atomic E-state index is 0.156. The van der Waals surface area contributed by atoms with E-state index in [9.17, 15) is 23.3 Å². The van der Waals surface area contributed by atoms with Crippen LogP contribution in [-0.2, 0) is 22.6 Å². The van der Waals surface area contributed by atoms with Gasteiger partial charge in [-0.1, -0.05) is 35.9 Å². The standard InChI is InChI=1S/C29H36ClF2N4O3P/c30-22-3-6-25(33-17-20-1-4-23(40-39)5-2-20)21(15-22)19-35-11-13-36(14-12-35)26(37)18-34-27(38)24-16-28(24)7-9-29(31,32)10-8-28/h1-6,15,24,33,39-40H,7-14,16-19H2,(H,34,38)/i19D2. The average molecular weight is 595 g/mol. The van der Waals surface area contributed by atoms with Gasteiger partial charge in [-0.2, -0.15) is 0 Å². The molecule has 2 aromatic carbocycles. The van der Waals surface area contributed by atoms with Gasteiger partial charge in [-0.25, -0.2) is 8.78 Å². The Morgan fingerprint density at radius 1 is 1.07 bits per heavy atom. The van der Waals surface area contributed by atoms with E-state index < -0.39 is 12.4 Å². The summed E-state index contributed by atoms with van der Waals surface area (Å²) in [5.74, 6) is -3.42. The second kappa shape index (κ2) is 12.3. The summed E-state index contributed by atoms with van der Waals surface area (Å²) >= 11 is 6.27. The van der Waals surface area contributed by atoms with Gasteiger partial charge in [0.1, 0.15) is 0 Å². The van der Waals surface area contributed by atoms with Gasteiger partial charge in [0.15, 0.2) is 0 Å². The third-order valence-electron chi connectivity index (χ3n) is 8.36. The number of anilines is 1. The second-order valence-corrected chi connectivity index (χ2v) is 12.3. The summed E-state index contributed by atoms with van der Waals surface area (Å²) in [6.07, 6.45) is 0.933. The Morgan fingerprint density at radius 2 is 1.77 bits per heavy atom. The van der Waals surface area contributed by atoms with Gasteiger partial charge in [-0.3, -0.25) is 14.5 Å². The molecule has 2 aliphatic carbocycles. The van der Waals surface area contributed by atoms with Crippen molar-refractivity contribution in [3.8, 4) is 0 Å². The number of hydrogen-bond acceptors (Lipinski definition) is 5. The van der Waals surface area contributed by atoms with E-state index in [1.807, 2.05) is 24.3 Å². The predicted octanol–water partition coefficient (Wildman–Crippen LogP) is 4.14. The molecule has 0 aromatic heterocycles. The lowest BCUT2D eigenvalue weighted by atomic mass is 9.82. The molecular formula is C29H36ClF2N4O3P. The molecule has 0 bridgehead atoms. The molecule has 1 saturated heterocycles. The van der Waals surface area contributed by atoms with Gasteiger partial charge in [0.05, 0.1) is 6.54 Å². The number of carbonyl (C=O) groups excluding carboxylic acids is 2. The van der Waals surface area contributed by atoms with Crippen LogP contribution in [0.1, 0.15) is 46.0 Å². The molecule has 3 aliphatic rings. The van der Waals surface area contributed by atoms with Crippen LogP contribution in [0.5, 0.6) is 0 Å². The van der Waals surface area contributed by atoms with Crippen molar-refractivity contribution in [1.82, 2.24) is 15.1 Å². The van der Waals surface area contributed by atoms with Crippen LogP contribution in [0.2, 0.25) is 5.02 Å². The summed E-state index contributed by atoms with van der Waals surface area (Å²) in [4.78, 5) is 38.1. The van der Waals surface area contributed by atoms with Gasteiger partial charge in [0.25, 0.3) is 0 Å². The van der Waals surface area contributed by atoms with E-state index in [1.165, 1.54) is 0 Å². The fraction of sp³-hybridized carbons (Fsp3) is 0.517. The Balaban J connectivity index is 1.13. The van der Waals surface area contributed by atoms with Crippen molar-refractivity contribution in [3.05, 3.63) is 58.6 Å². The second-order valence-electron chi connectivity index (χ2n) is 11.0. The number of hydrogen-bond donors (Lipinski definition) is 3. The SMILES string of the molecule is [2H]C([2H])(c1cc(Cl)ccc1NCc1ccc(PO)cc1)N1CCN(C(=O)CNC(=O)C2CC23CCC(F)(F)CC3)CC1. The van der Waals surface area contributed by atoms with E-state index in [-0.39, 0.29) is 51.3 Å². The van der Waals surface area contributed by atoms with Crippen molar-refractivity contribution in [3.63, 3.8) is 0 Å². The Labute approximate surface area is 243 Å². The summed E-state index contributed by atoms with van der Waals surface area (Å²) in [5, 5.41) is 7.27. The van der Waals surface area contributed by atoms with Crippen LogP contribution in [0.25, 0.3) is 0 Å². The van der Waals surface area contributed by atoms with Gasteiger partial charge in [-0.05, 0) is 59.3 Å². The zero-order valence-electron chi connectivity index (χ0n) is 24.2. The Kier molecular flexibility index (Phi) is 8.15. The molecule has 5 rings (SSSR count). The van der Waals surface area contributed by atoms with E-state index in [0.717, 1.165) is 10.9 Å². The van der Waals surface area contributed by atoms with Crippen molar-refractivity contribution >= 4 is 43.2 Å². The molecule has 2 amide bonds. The van der Waals surface area contributed by atoms with Crippen molar-refractivity contribution in [1.29, 1.82) is 0 Å². The van der Waals surface area contributed by atoms with Crippen LogP contribution >= 0.6 is 20.4 Å². The van der Waals surface area contributed by atoms with Crippen LogP contribution in [0.4, 0.5) is 14.5 Å². The van der Waals surface area contributed by atoms with Crippen molar-refractivity contribution in [2.24, 2.45) is 11.3 Å². The number of piperazine rings is 1. The van der Waals surface area contributed by atoms with Crippen LogP contribution in [0.3, 0.4) is 0 Å². The minimum atomic E-state index is -2.64. The minimum Gasteiger partial charge on any atom is -0.381 e. The zero-order valence-corrected chi connectivity index (χ0v) is 23.9. The number of rotatable bonds is 9. The van der Waals surface area contributed by atoms with E-state index in [1.54, 1.807) is 28.0 Å². The monoisotopic (exact) mass is 594 g/mol. The summed E-state index contributed by atoms with van der Waals surface area (Å²) in [6.45, 7) is -0.367. The Bertz CT molecular complexity index is 1300. The molecule has 216 valence electrons. The molecule has 2 saturated carbocycles. The summed E-state index contributed by atoms with van der Waals surface area (Å²) < 4.78 is 45.0. The Morgan fingerprint density at radius 3 is 2.45 bits per heavy atom. The summed E-state index contributed by atoms with van der Waals surface area (Å²) in [5.41, 5.74) is 1.66. The van der Waals surface area contributed by atoms with Crippen LogP contribution in [0, 0.1) is 11.3 Å². The van der Waals surface area contributed by atoms with Crippen LogP contribution in [-0.4, -0.2) is 65.2 Å². The summed E-state index contributed by atoms with van der Waals surface area (Å²) in [6, 6.07) is 12.6. The number of benzene rings is 2. The molecule has 1 spiro atoms. The number of halogens is 3. The molecule has 2 unspecified atom stereocenters. The number of nitrogens with one attached hydrogen (secondary N) is 2. The normalized spacial score (nSPS) is 23.1. The van der Waals surface area contributed by atoms with Crippen molar-refractivity contribution in [2.45, 2.75) is 51.1 Å². The first-order valence-corrected chi connectivity index (χ1v) is 15.0. The maximum absolute atomic E-state index is 13.5. The highest BCUT2D eigenvalue weighted by Gasteiger charge is 2.60. The van der Waals surface area contributed by atoms with E-state index in [2.05, 4.69) is 10.6 Å². The maximum atomic E-state index is 13.5. The van der Waals surface area contributed by atoms with E-state index >= 15 is 0 Å². The average Bonchev–Trinajstić information content (AvgIpc) is 3.71. The first-order chi connectivity index (χ1) is 19.9. The lowest BCUT2D eigenvalue weighted by Crippen LogP contribution is -2.51. The van der Waals surface area contributed by atoms with Gasteiger partial charge >= 0.3 is 0 Å². The smallest absolute Gasteiger partial charge is 0.248 e. The highest BCUT2D eigenvalue weighted by molar-refractivity contribution is 7.40. The fourth-order valence-corrected chi connectivity index (χ4v) is 6.17. The molecule has 2 aromatic rings. The third kappa shape index (κ3) is 7.11. The van der Waals surface area contributed by atoms with Crippen LogP contribution < -0.4 is 15.9 Å². The number of alkyl halides is 2. The lowest BCUT2D eigenvalue weighted by Gasteiger charge is -2.35. The molecule has 3 N–H and O–H groups in total. The van der Waals surface area contributed by atoms with Gasteiger partial charge < -0.3 is 20.4 Å². The molecule has 40 heavy (non-hydrogen) atoms.